The number of aromatic nitrogens is 2. The van der Waals surface area contributed by atoms with Crippen molar-refractivity contribution in [1.82, 2.24) is 14.7 Å². The first kappa shape index (κ1) is 16.6. The van der Waals surface area contributed by atoms with Crippen LogP contribution in [0.5, 0.6) is 0 Å². The summed E-state index contributed by atoms with van der Waals surface area (Å²) < 4.78 is 2.78. The van der Waals surface area contributed by atoms with Gasteiger partial charge in [0.2, 0.25) is 5.13 Å². The Morgan fingerprint density at radius 3 is 2.78 bits per heavy atom. The van der Waals surface area contributed by atoms with Gasteiger partial charge in [0, 0.05) is 18.8 Å². The first-order chi connectivity index (χ1) is 11.0. The standard InChI is InChI=1S/C17H24N4S2/c1-12-7-9-20(10-8-12)11-21-17(22)23-16(19-21)18-15-6-4-5-13(2)14(15)3/h4-6,12H,7-11H2,1-3H3,(H,18,19). The van der Waals surface area contributed by atoms with Gasteiger partial charge in [-0.25, -0.2) is 4.68 Å². The van der Waals surface area contributed by atoms with Crippen molar-refractivity contribution in [3.8, 4) is 0 Å². The molecule has 0 bridgehead atoms. The molecule has 0 radical (unpaired) electrons. The zero-order chi connectivity index (χ0) is 16.4. The van der Waals surface area contributed by atoms with E-state index in [0.717, 1.165) is 40.4 Å². The van der Waals surface area contributed by atoms with Gasteiger partial charge in [-0.3, -0.25) is 4.90 Å². The van der Waals surface area contributed by atoms with Gasteiger partial charge in [-0.2, -0.15) is 0 Å². The molecule has 1 aromatic carbocycles. The van der Waals surface area contributed by atoms with E-state index < -0.39 is 0 Å². The summed E-state index contributed by atoms with van der Waals surface area (Å²) in [6.45, 7) is 9.66. The van der Waals surface area contributed by atoms with Gasteiger partial charge in [0.1, 0.15) is 0 Å². The second-order valence-electron chi connectivity index (χ2n) is 6.49. The molecule has 0 saturated carbocycles. The van der Waals surface area contributed by atoms with E-state index >= 15 is 0 Å². The van der Waals surface area contributed by atoms with E-state index in [-0.39, 0.29) is 0 Å². The maximum Gasteiger partial charge on any atom is 0.209 e. The molecule has 1 aliphatic heterocycles. The average molecular weight is 349 g/mol. The third-order valence-corrected chi connectivity index (χ3v) is 5.89. The lowest BCUT2D eigenvalue weighted by Gasteiger charge is -2.29. The lowest BCUT2D eigenvalue weighted by atomic mass is 10.00. The minimum Gasteiger partial charge on any atom is -0.330 e. The van der Waals surface area contributed by atoms with Gasteiger partial charge in [-0.1, -0.05) is 30.4 Å². The molecular weight excluding hydrogens is 324 g/mol. The van der Waals surface area contributed by atoms with Crippen LogP contribution in [-0.4, -0.2) is 27.8 Å². The fourth-order valence-corrected chi connectivity index (χ4v) is 3.85. The average Bonchev–Trinajstić information content (AvgIpc) is 2.86. The van der Waals surface area contributed by atoms with Gasteiger partial charge < -0.3 is 5.32 Å². The van der Waals surface area contributed by atoms with Crippen molar-refractivity contribution in [1.29, 1.82) is 0 Å². The number of hydrogen-bond donors (Lipinski definition) is 1. The fourth-order valence-electron chi connectivity index (χ4n) is 2.84. The summed E-state index contributed by atoms with van der Waals surface area (Å²) >= 11 is 7.03. The molecular formula is C17H24N4S2. The number of hydrogen-bond acceptors (Lipinski definition) is 5. The predicted molar refractivity (Wildman–Crippen MR) is 100 cm³/mol. The highest BCUT2D eigenvalue weighted by Gasteiger charge is 2.17. The Morgan fingerprint density at radius 2 is 2.04 bits per heavy atom. The van der Waals surface area contributed by atoms with Crippen LogP contribution in [0.4, 0.5) is 10.8 Å². The predicted octanol–water partition coefficient (Wildman–Crippen LogP) is 4.72. The highest BCUT2D eigenvalue weighted by molar-refractivity contribution is 7.73. The molecule has 2 heterocycles. The van der Waals surface area contributed by atoms with E-state index in [0.29, 0.717) is 0 Å². The Bertz CT molecular complexity index is 726. The van der Waals surface area contributed by atoms with Gasteiger partial charge >= 0.3 is 0 Å². The first-order valence-corrected chi connectivity index (χ1v) is 9.39. The van der Waals surface area contributed by atoms with Crippen LogP contribution >= 0.6 is 23.6 Å². The molecule has 0 unspecified atom stereocenters. The number of nitrogens with zero attached hydrogens (tertiary/aromatic N) is 3. The summed E-state index contributed by atoms with van der Waals surface area (Å²) in [5, 5.41) is 8.96. The number of piperidine rings is 1. The summed E-state index contributed by atoms with van der Waals surface area (Å²) in [5.74, 6) is 0.844. The smallest absolute Gasteiger partial charge is 0.209 e. The van der Waals surface area contributed by atoms with Crippen LogP contribution < -0.4 is 5.32 Å². The van der Waals surface area contributed by atoms with Gasteiger partial charge in [0.15, 0.2) is 3.95 Å². The summed E-state index contributed by atoms with van der Waals surface area (Å²) in [4.78, 5) is 2.44. The second kappa shape index (κ2) is 7.11. The molecule has 3 rings (SSSR count). The molecule has 1 fully saturated rings. The first-order valence-electron chi connectivity index (χ1n) is 8.16. The van der Waals surface area contributed by atoms with E-state index in [1.54, 1.807) is 11.3 Å². The van der Waals surface area contributed by atoms with Crippen LogP contribution in [0.2, 0.25) is 0 Å². The number of likely N-dealkylation sites (tertiary alicyclic amines) is 1. The Balaban J connectivity index is 1.71. The number of rotatable bonds is 4. The Morgan fingerprint density at radius 1 is 1.30 bits per heavy atom. The van der Waals surface area contributed by atoms with E-state index in [1.165, 1.54) is 24.0 Å². The Labute approximate surface area is 147 Å². The van der Waals surface area contributed by atoms with Crippen LogP contribution in [0.15, 0.2) is 18.2 Å². The van der Waals surface area contributed by atoms with Crippen molar-refractivity contribution in [2.45, 2.75) is 40.3 Å². The van der Waals surface area contributed by atoms with Crippen molar-refractivity contribution in [3.63, 3.8) is 0 Å². The molecule has 4 nitrogen and oxygen atoms in total. The zero-order valence-electron chi connectivity index (χ0n) is 14.0. The molecule has 1 N–H and O–H groups in total. The van der Waals surface area contributed by atoms with E-state index in [2.05, 4.69) is 54.3 Å². The van der Waals surface area contributed by atoms with Crippen molar-refractivity contribution < 1.29 is 0 Å². The molecule has 6 heteroatoms. The molecule has 0 atom stereocenters. The maximum absolute atomic E-state index is 5.49. The second-order valence-corrected chi connectivity index (χ2v) is 8.11. The molecule has 1 aromatic heterocycles. The van der Waals surface area contributed by atoms with Gasteiger partial charge in [-0.15, -0.1) is 5.10 Å². The van der Waals surface area contributed by atoms with Crippen molar-refractivity contribution in [2.75, 3.05) is 18.4 Å². The highest BCUT2D eigenvalue weighted by atomic mass is 32.1. The third-order valence-electron chi connectivity index (χ3n) is 4.66. The van der Waals surface area contributed by atoms with E-state index in [1.807, 2.05) is 4.68 Å². The number of aryl methyl sites for hydroxylation is 1. The summed E-state index contributed by atoms with van der Waals surface area (Å²) in [6.07, 6.45) is 2.54. The molecule has 0 aliphatic carbocycles. The normalized spacial score (nSPS) is 16.7. The SMILES string of the molecule is Cc1cccc(Nc2nn(CN3CCC(C)CC3)c(=S)s2)c1C. The lowest BCUT2D eigenvalue weighted by molar-refractivity contribution is 0.146. The summed E-state index contributed by atoms with van der Waals surface area (Å²) in [5.41, 5.74) is 3.64. The monoisotopic (exact) mass is 348 g/mol. The molecule has 2 aromatic rings. The van der Waals surface area contributed by atoms with Crippen LogP contribution in [-0.2, 0) is 6.67 Å². The molecule has 0 spiro atoms. The van der Waals surface area contributed by atoms with Crippen molar-refractivity contribution in [3.05, 3.63) is 33.3 Å². The molecule has 23 heavy (non-hydrogen) atoms. The topological polar surface area (TPSA) is 33.1 Å². The van der Waals surface area contributed by atoms with Gasteiger partial charge in [0.05, 0.1) is 6.67 Å². The van der Waals surface area contributed by atoms with Crippen molar-refractivity contribution in [2.24, 2.45) is 5.92 Å². The fraction of sp³-hybridized carbons (Fsp3) is 0.529. The zero-order valence-corrected chi connectivity index (χ0v) is 15.6. The maximum atomic E-state index is 5.49. The molecule has 0 amide bonds. The third kappa shape index (κ3) is 4.00. The summed E-state index contributed by atoms with van der Waals surface area (Å²) in [7, 11) is 0. The lowest BCUT2D eigenvalue weighted by Crippen LogP contribution is -2.34. The Hall–Kier alpha value is -1.24. The molecule has 1 aliphatic rings. The van der Waals surface area contributed by atoms with Crippen LogP contribution in [0.1, 0.15) is 30.9 Å². The summed E-state index contributed by atoms with van der Waals surface area (Å²) in [6, 6.07) is 6.28. The molecule has 1 saturated heterocycles. The van der Waals surface area contributed by atoms with Crippen LogP contribution in [0.25, 0.3) is 0 Å². The largest absolute Gasteiger partial charge is 0.330 e. The Kier molecular flexibility index (Phi) is 5.14. The molecule has 124 valence electrons. The van der Waals surface area contributed by atoms with E-state index in [9.17, 15) is 0 Å². The quantitative estimate of drug-likeness (QED) is 0.810. The van der Waals surface area contributed by atoms with Gasteiger partial charge in [0.25, 0.3) is 0 Å². The highest BCUT2D eigenvalue weighted by Crippen LogP contribution is 2.25. The number of nitrogens with one attached hydrogen (secondary N) is 1. The van der Waals surface area contributed by atoms with Crippen LogP contribution in [0.3, 0.4) is 0 Å². The minimum absolute atomic E-state index is 0.802. The van der Waals surface area contributed by atoms with Gasteiger partial charge in [-0.05, 0) is 62.0 Å². The van der Waals surface area contributed by atoms with E-state index in [4.69, 9.17) is 12.2 Å². The van der Waals surface area contributed by atoms with Crippen molar-refractivity contribution >= 4 is 34.4 Å². The number of anilines is 2. The van der Waals surface area contributed by atoms with Crippen LogP contribution in [0, 0.1) is 23.7 Å². The number of benzene rings is 1. The minimum atomic E-state index is 0.802.